The maximum atomic E-state index is 13.4. The first-order chi connectivity index (χ1) is 32.4. The summed E-state index contributed by atoms with van der Waals surface area (Å²) in [6, 6.07) is -0.896. The van der Waals surface area contributed by atoms with Gasteiger partial charge in [-0.2, -0.15) is 0 Å². The van der Waals surface area contributed by atoms with E-state index >= 15 is 0 Å². The lowest BCUT2D eigenvalue weighted by Crippen LogP contribution is -2.47. The van der Waals surface area contributed by atoms with Crippen LogP contribution in [0.1, 0.15) is 239 Å². The number of hydrogen-bond acceptors (Lipinski definition) is 7. The molecule has 0 aliphatic heterocycles. The molecule has 1 N–H and O–H groups in total. The number of rotatable bonds is 49. The van der Waals surface area contributed by atoms with Crippen LogP contribution in [0.25, 0.3) is 0 Å². The highest BCUT2D eigenvalue weighted by molar-refractivity contribution is 7.45. The largest absolute Gasteiger partial charge is 0.756 e. The molecule has 3 atom stereocenters. The van der Waals surface area contributed by atoms with Crippen LogP contribution in [0.3, 0.4) is 0 Å². The summed E-state index contributed by atoms with van der Waals surface area (Å²) in [5.74, 6) is -0.569. The normalized spacial score (nSPS) is 14.3. The molecule has 0 radical (unpaired) electrons. The zero-order valence-electron chi connectivity index (χ0n) is 44.3. The third kappa shape index (κ3) is 48.5. The summed E-state index contributed by atoms with van der Waals surface area (Å²) in [5.41, 5.74) is 0. The number of esters is 1. The number of quaternary nitrogens is 1. The number of allylic oxidation sites excluding steroid dienone is 9. The number of carbonyl (C=O) groups is 2. The van der Waals surface area contributed by atoms with E-state index in [0.29, 0.717) is 23.9 Å². The van der Waals surface area contributed by atoms with E-state index in [-0.39, 0.29) is 24.9 Å². The van der Waals surface area contributed by atoms with Gasteiger partial charge in [-0.25, -0.2) is 0 Å². The molecule has 0 aromatic heterocycles. The van der Waals surface area contributed by atoms with Gasteiger partial charge in [0.15, 0.2) is 0 Å². The number of nitrogens with zero attached hydrogens (tertiary/aromatic N) is 1. The van der Waals surface area contributed by atoms with Crippen LogP contribution in [0.15, 0.2) is 60.8 Å². The van der Waals surface area contributed by atoms with Gasteiger partial charge in [0.25, 0.3) is 7.82 Å². The molecule has 0 aromatic rings. The molecule has 10 heteroatoms. The molecule has 0 aliphatic rings. The zero-order chi connectivity index (χ0) is 49.4. The van der Waals surface area contributed by atoms with E-state index in [9.17, 15) is 19.0 Å². The predicted octanol–water partition coefficient (Wildman–Crippen LogP) is 15.7. The van der Waals surface area contributed by atoms with E-state index in [1.54, 1.807) is 0 Å². The van der Waals surface area contributed by atoms with Crippen LogP contribution < -0.4 is 10.2 Å². The minimum Gasteiger partial charge on any atom is -0.756 e. The van der Waals surface area contributed by atoms with Crippen LogP contribution in [0.2, 0.25) is 0 Å². The second kappa shape index (κ2) is 47.4. The molecule has 0 bridgehead atoms. The molecule has 0 saturated heterocycles. The Morgan fingerprint density at radius 2 is 0.925 bits per heavy atom. The van der Waals surface area contributed by atoms with E-state index in [2.05, 4.69) is 74.7 Å². The molecule has 67 heavy (non-hydrogen) atoms. The summed E-state index contributed by atoms with van der Waals surface area (Å²) in [6.07, 6.45) is 57.5. The second-order valence-corrected chi connectivity index (χ2v) is 21.1. The zero-order valence-corrected chi connectivity index (χ0v) is 45.2. The highest BCUT2D eigenvalue weighted by Gasteiger charge is 2.27. The number of likely N-dealkylation sites (N-methyl/N-ethyl adjacent to an activating group) is 1. The van der Waals surface area contributed by atoms with E-state index in [1.165, 1.54) is 96.3 Å². The molecule has 0 rings (SSSR count). The number of carbonyl (C=O) groups excluding carboxylic acids is 2. The van der Waals surface area contributed by atoms with Crippen molar-refractivity contribution in [1.82, 2.24) is 5.32 Å². The van der Waals surface area contributed by atoms with Crippen LogP contribution in [0.5, 0.6) is 0 Å². The quantitative estimate of drug-likeness (QED) is 0.0212. The van der Waals surface area contributed by atoms with Crippen molar-refractivity contribution in [2.24, 2.45) is 0 Å². The topological polar surface area (TPSA) is 114 Å². The van der Waals surface area contributed by atoms with E-state index in [0.717, 1.165) is 103 Å². The summed E-state index contributed by atoms with van der Waals surface area (Å²) in [6.45, 7) is 6.74. The minimum atomic E-state index is -4.69. The summed E-state index contributed by atoms with van der Waals surface area (Å²) >= 11 is 0. The first-order valence-electron chi connectivity index (χ1n) is 27.6. The molecule has 9 nitrogen and oxygen atoms in total. The Labute approximate surface area is 413 Å². The van der Waals surface area contributed by atoms with Gasteiger partial charge in [0, 0.05) is 12.8 Å². The van der Waals surface area contributed by atoms with Crippen molar-refractivity contribution in [1.29, 1.82) is 0 Å². The molecule has 0 fully saturated rings. The van der Waals surface area contributed by atoms with Crippen LogP contribution >= 0.6 is 7.82 Å². The van der Waals surface area contributed by atoms with Crippen molar-refractivity contribution >= 4 is 19.7 Å². The Bertz CT molecular complexity index is 1340. The molecule has 1 amide bonds. The molecular formula is C57H105N2O7P. The number of nitrogens with one attached hydrogen (secondary N) is 1. The Kier molecular flexibility index (Phi) is 45.8. The standard InChI is InChI=1S/C57H105N2O7P/c1-7-10-13-16-19-22-25-26-27-28-29-30-31-32-35-38-41-44-47-50-57(61)66-55(48-45-42-39-36-33-23-20-17-14-11-8-2)54(53-65-67(62,63)64-52-51-59(4,5)6)58-56(60)49-46-43-40-37-34-24-21-18-15-12-9-3/h18-19,21-22,26-27,29-30,45,48,54-55H,7-17,20,23-25,28,31-44,46-47,49-53H2,1-6H3,(H-,58,60,62,63)/b21-18-,22-19-,27-26-,30-29-,48-45-. The minimum absolute atomic E-state index is 0.0277. The summed E-state index contributed by atoms with van der Waals surface area (Å²) in [5, 5.41) is 3.00. The number of phosphoric ester groups is 1. The Balaban J connectivity index is 5.33. The van der Waals surface area contributed by atoms with E-state index < -0.39 is 26.6 Å². The van der Waals surface area contributed by atoms with Crippen molar-refractivity contribution in [3.05, 3.63) is 60.8 Å². The highest BCUT2D eigenvalue weighted by Crippen LogP contribution is 2.38. The van der Waals surface area contributed by atoms with Crippen LogP contribution in [0.4, 0.5) is 0 Å². The third-order valence-electron chi connectivity index (χ3n) is 11.9. The van der Waals surface area contributed by atoms with Gasteiger partial charge in [-0.3, -0.25) is 14.2 Å². The fraction of sp³-hybridized carbons (Fsp3) is 0.789. The van der Waals surface area contributed by atoms with Gasteiger partial charge in [0.05, 0.1) is 33.8 Å². The molecule has 0 spiro atoms. The fourth-order valence-corrected chi connectivity index (χ4v) is 8.29. The van der Waals surface area contributed by atoms with Crippen molar-refractivity contribution in [3.8, 4) is 0 Å². The summed E-state index contributed by atoms with van der Waals surface area (Å²) < 4.78 is 30.1. The average Bonchev–Trinajstić information content (AvgIpc) is 3.28. The summed E-state index contributed by atoms with van der Waals surface area (Å²) in [4.78, 5) is 39.7. The monoisotopic (exact) mass is 961 g/mol. The van der Waals surface area contributed by atoms with Gasteiger partial charge >= 0.3 is 5.97 Å². The number of unbranched alkanes of at least 4 members (excludes halogenated alkanes) is 25. The number of phosphoric acid groups is 1. The lowest BCUT2D eigenvalue weighted by molar-refractivity contribution is -0.870. The molecule has 0 aromatic carbocycles. The van der Waals surface area contributed by atoms with Crippen molar-refractivity contribution in [3.63, 3.8) is 0 Å². The summed E-state index contributed by atoms with van der Waals surface area (Å²) in [7, 11) is 1.17. The lowest BCUT2D eigenvalue weighted by Gasteiger charge is -2.30. The molecule has 0 heterocycles. The van der Waals surface area contributed by atoms with Gasteiger partial charge in [0.2, 0.25) is 5.91 Å². The fourth-order valence-electron chi connectivity index (χ4n) is 7.57. The molecule has 390 valence electrons. The first-order valence-corrected chi connectivity index (χ1v) is 29.1. The highest BCUT2D eigenvalue weighted by atomic mass is 31.2. The molecule has 3 unspecified atom stereocenters. The van der Waals surface area contributed by atoms with Crippen LogP contribution in [0, 0.1) is 0 Å². The Morgan fingerprint density at radius 3 is 1.45 bits per heavy atom. The van der Waals surface area contributed by atoms with Gasteiger partial charge in [-0.05, 0) is 89.5 Å². The van der Waals surface area contributed by atoms with Crippen LogP contribution in [-0.4, -0.2) is 69.4 Å². The maximum Gasteiger partial charge on any atom is 0.306 e. The first kappa shape index (κ1) is 64.7. The maximum absolute atomic E-state index is 13.4. The number of amides is 1. The SMILES string of the molecule is CCCC/C=C\CCCCCCCC(=O)NC(COP(=O)([O-])OCC[N+](C)(C)C)C(/C=C\CCCCCCCCCCC)OC(=O)CCCCCCCC/C=C\C/C=C\C/C=C\CCCCC. The Hall–Kier alpha value is -2.29. The van der Waals surface area contributed by atoms with Gasteiger partial charge in [-0.1, -0.05) is 197 Å². The molecular weight excluding hydrogens is 856 g/mol. The molecule has 0 saturated carbocycles. The number of hydrogen-bond donors (Lipinski definition) is 1. The lowest BCUT2D eigenvalue weighted by atomic mass is 10.1. The second-order valence-electron chi connectivity index (χ2n) is 19.7. The smallest absolute Gasteiger partial charge is 0.306 e. The van der Waals surface area contributed by atoms with Crippen molar-refractivity contribution < 1.29 is 37.3 Å². The number of ether oxygens (including phenoxy) is 1. The van der Waals surface area contributed by atoms with Gasteiger partial charge in [-0.15, -0.1) is 0 Å². The Morgan fingerprint density at radius 1 is 0.522 bits per heavy atom. The van der Waals surface area contributed by atoms with Crippen LogP contribution in [-0.2, 0) is 27.9 Å². The molecule has 0 aliphatic carbocycles. The van der Waals surface area contributed by atoms with Gasteiger partial charge < -0.3 is 28.5 Å². The third-order valence-corrected chi connectivity index (χ3v) is 12.9. The van der Waals surface area contributed by atoms with Crippen molar-refractivity contribution in [2.75, 3.05) is 40.9 Å². The van der Waals surface area contributed by atoms with E-state index in [4.69, 9.17) is 13.8 Å². The van der Waals surface area contributed by atoms with Crippen molar-refractivity contribution in [2.45, 2.75) is 251 Å². The van der Waals surface area contributed by atoms with Gasteiger partial charge in [0.1, 0.15) is 19.3 Å². The predicted molar refractivity (Wildman–Crippen MR) is 284 cm³/mol. The average molecular weight is 961 g/mol. The van der Waals surface area contributed by atoms with E-state index in [1.807, 2.05) is 33.3 Å².